The van der Waals surface area contributed by atoms with Crippen molar-refractivity contribution < 1.29 is 4.79 Å². The highest BCUT2D eigenvalue weighted by molar-refractivity contribution is 6.41. The van der Waals surface area contributed by atoms with Gasteiger partial charge in [0.05, 0.1) is 5.56 Å². The Morgan fingerprint density at radius 2 is 2.44 bits per heavy atom. The van der Waals surface area contributed by atoms with E-state index in [1.807, 2.05) is 7.28 Å². The van der Waals surface area contributed by atoms with E-state index in [1.165, 1.54) is 0 Å². The van der Waals surface area contributed by atoms with Crippen LogP contribution in [0.3, 0.4) is 0 Å². The molecule has 1 N–H and O–H groups in total. The minimum atomic E-state index is -0.0548. The number of amides is 1. The smallest absolute Gasteiger partial charge is 0.252 e. The summed E-state index contributed by atoms with van der Waals surface area (Å²) in [6.07, 6.45) is 6.30. The summed E-state index contributed by atoms with van der Waals surface area (Å²) in [5.74, 6) is 1.75. The lowest BCUT2D eigenvalue weighted by Gasteiger charge is -2.03. The molecule has 16 heavy (non-hydrogen) atoms. The average molecular weight is 215 g/mol. The second-order valence-corrected chi connectivity index (χ2v) is 3.46. The maximum atomic E-state index is 11.6. The van der Waals surface area contributed by atoms with Crippen molar-refractivity contribution in [3.63, 3.8) is 0 Å². The number of hydrogen-bond acceptors (Lipinski definition) is 2. The van der Waals surface area contributed by atoms with E-state index in [0.717, 1.165) is 19.2 Å². The first-order chi connectivity index (χ1) is 7.84. The van der Waals surface area contributed by atoms with Crippen molar-refractivity contribution in [3.05, 3.63) is 42.6 Å². The molecule has 1 heterocycles. The highest BCUT2D eigenvalue weighted by Gasteiger charge is 2.02. The number of unbranched alkanes of at least 4 members (excludes halogenated alkanes) is 1. The van der Waals surface area contributed by atoms with Gasteiger partial charge in [0.1, 0.15) is 7.28 Å². The second-order valence-electron chi connectivity index (χ2n) is 3.46. The van der Waals surface area contributed by atoms with Gasteiger partial charge in [-0.3, -0.25) is 9.78 Å². The van der Waals surface area contributed by atoms with E-state index in [-0.39, 0.29) is 5.91 Å². The van der Waals surface area contributed by atoms with Gasteiger partial charge in [-0.25, -0.2) is 0 Å². The molecule has 0 aliphatic carbocycles. The van der Waals surface area contributed by atoms with E-state index in [4.69, 9.17) is 0 Å². The van der Waals surface area contributed by atoms with Crippen LogP contribution >= 0.6 is 0 Å². The minimum Gasteiger partial charge on any atom is -0.352 e. The first-order valence-electron chi connectivity index (χ1n) is 5.47. The van der Waals surface area contributed by atoms with E-state index in [0.29, 0.717) is 12.1 Å². The lowest BCUT2D eigenvalue weighted by atomic mass is 9.74. The Hall–Kier alpha value is -1.58. The van der Waals surface area contributed by atoms with Crippen LogP contribution < -0.4 is 5.32 Å². The summed E-state index contributed by atoms with van der Waals surface area (Å²) >= 11 is 0. The van der Waals surface area contributed by atoms with Gasteiger partial charge in [0.2, 0.25) is 0 Å². The summed E-state index contributed by atoms with van der Waals surface area (Å²) in [6.45, 7) is 4.32. The number of nitrogens with zero attached hydrogens (tertiary/aromatic N) is 1. The van der Waals surface area contributed by atoms with Gasteiger partial charge in [-0.15, -0.1) is 12.6 Å². The van der Waals surface area contributed by atoms with Crippen LogP contribution in [0.1, 0.15) is 23.2 Å². The molecular formula is C12H16BN2O. The van der Waals surface area contributed by atoms with Crippen LogP contribution in [0.25, 0.3) is 0 Å². The predicted octanol–water partition coefficient (Wildman–Crippen LogP) is 1.86. The SMILES string of the molecule is C=C[B]CCCCNC(=O)c1cccnc1. The lowest BCUT2D eigenvalue weighted by Crippen LogP contribution is -2.24. The Kier molecular flexibility index (Phi) is 6.00. The third kappa shape index (κ3) is 4.78. The van der Waals surface area contributed by atoms with Crippen molar-refractivity contribution in [2.75, 3.05) is 6.54 Å². The van der Waals surface area contributed by atoms with Crippen molar-refractivity contribution >= 4 is 13.2 Å². The molecule has 0 aromatic carbocycles. The number of pyridine rings is 1. The van der Waals surface area contributed by atoms with E-state index in [9.17, 15) is 4.79 Å². The number of rotatable bonds is 7. The zero-order valence-corrected chi connectivity index (χ0v) is 9.36. The van der Waals surface area contributed by atoms with Crippen molar-refractivity contribution in [2.24, 2.45) is 0 Å². The van der Waals surface area contributed by atoms with Gasteiger partial charge in [-0.05, 0) is 18.6 Å². The van der Waals surface area contributed by atoms with Crippen LogP contribution in [0, 0.1) is 0 Å². The van der Waals surface area contributed by atoms with Gasteiger partial charge < -0.3 is 5.32 Å². The van der Waals surface area contributed by atoms with Crippen molar-refractivity contribution in [2.45, 2.75) is 19.2 Å². The molecule has 1 aromatic heterocycles. The van der Waals surface area contributed by atoms with E-state index in [1.54, 1.807) is 30.5 Å². The molecule has 0 saturated carbocycles. The maximum Gasteiger partial charge on any atom is 0.252 e. The molecule has 0 bridgehead atoms. The molecule has 4 heteroatoms. The molecule has 1 aromatic rings. The van der Waals surface area contributed by atoms with Gasteiger partial charge in [-0.2, -0.15) is 0 Å². The van der Waals surface area contributed by atoms with Gasteiger partial charge in [-0.1, -0.05) is 12.7 Å². The summed E-state index contributed by atoms with van der Waals surface area (Å²) in [5.41, 5.74) is 0.611. The normalized spacial score (nSPS) is 9.50. The monoisotopic (exact) mass is 215 g/mol. The summed E-state index contributed by atoms with van der Waals surface area (Å²) in [6, 6.07) is 3.52. The molecule has 83 valence electrons. The topological polar surface area (TPSA) is 42.0 Å². The quantitative estimate of drug-likeness (QED) is 0.557. The van der Waals surface area contributed by atoms with Crippen LogP contribution in [0.15, 0.2) is 37.1 Å². The molecule has 0 fully saturated rings. The third-order valence-corrected chi connectivity index (χ3v) is 2.17. The summed E-state index contributed by atoms with van der Waals surface area (Å²) in [7, 11) is 2.03. The first-order valence-corrected chi connectivity index (χ1v) is 5.47. The molecule has 0 saturated heterocycles. The number of nitrogens with one attached hydrogen (secondary N) is 1. The molecule has 1 radical (unpaired) electrons. The minimum absolute atomic E-state index is 0.0548. The third-order valence-electron chi connectivity index (χ3n) is 2.17. The molecule has 0 aliphatic rings. The van der Waals surface area contributed by atoms with Gasteiger partial charge >= 0.3 is 0 Å². The number of hydrogen-bond donors (Lipinski definition) is 1. The van der Waals surface area contributed by atoms with Crippen LogP contribution in [-0.2, 0) is 0 Å². The summed E-state index contributed by atoms with van der Waals surface area (Å²) in [4.78, 5) is 15.5. The van der Waals surface area contributed by atoms with Crippen LogP contribution in [0.2, 0.25) is 6.32 Å². The molecular weight excluding hydrogens is 199 g/mol. The Morgan fingerprint density at radius 3 is 3.12 bits per heavy atom. The Labute approximate surface area is 97.2 Å². The van der Waals surface area contributed by atoms with Crippen LogP contribution in [-0.4, -0.2) is 24.7 Å². The highest BCUT2D eigenvalue weighted by atomic mass is 16.1. The van der Waals surface area contributed by atoms with Crippen LogP contribution in [0.5, 0.6) is 0 Å². The zero-order chi connectivity index (χ0) is 11.6. The fourth-order valence-electron chi connectivity index (χ4n) is 1.31. The molecule has 1 amide bonds. The number of aromatic nitrogens is 1. The van der Waals surface area contributed by atoms with Gasteiger partial charge in [0, 0.05) is 18.9 Å². The number of carbonyl (C=O) groups is 1. The van der Waals surface area contributed by atoms with Crippen LogP contribution in [0.4, 0.5) is 0 Å². The lowest BCUT2D eigenvalue weighted by molar-refractivity contribution is 0.0953. The predicted molar refractivity (Wildman–Crippen MR) is 66.6 cm³/mol. The fourth-order valence-corrected chi connectivity index (χ4v) is 1.31. The Balaban J connectivity index is 2.14. The van der Waals surface area contributed by atoms with E-state index < -0.39 is 0 Å². The Bertz CT molecular complexity index is 327. The second kappa shape index (κ2) is 7.68. The highest BCUT2D eigenvalue weighted by Crippen LogP contribution is 1.97. The molecule has 0 spiro atoms. The van der Waals surface area contributed by atoms with E-state index >= 15 is 0 Å². The Morgan fingerprint density at radius 1 is 1.56 bits per heavy atom. The van der Waals surface area contributed by atoms with Crippen molar-refractivity contribution in [1.82, 2.24) is 10.3 Å². The first kappa shape index (κ1) is 12.5. The summed E-state index contributed by atoms with van der Waals surface area (Å²) < 4.78 is 0. The molecule has 1 rings (SSSR count). The zero-order valence-electron chi connectivity index (χ0n) is 9.36. The molecule has 3 nitrogen and oxygen atoms in total. The maximum absolute atomic E-state index is 11.6. The largest absolute Gasteiger partial charge is 0.352 e. The standard InChI is InChI=1S/C12H16BN2O/c1-2-13-7-3-4-9-15-12(16)11-6-5-8-14-10-11/h2,5-6,8,10H,1,3-4,7,9H2,(H,15,16). The van der Waals surface area contributed by atoms with Gasteiger partial charge in [0.25, 0.3) is 5.91 Å². The molecule has 0 atom stereocenters. The van der Waals surface area contributed by atoms with Gasteiger partial charge in [0.15, 0.2) is 0 Å². The summed E-state index contributed by atoms with van der Waals surface area (Å²) in [5, 5.41) is 2.86. The molecule has 0 unspecified atom stereocenters. The van der Waals surface area contributed by atoms with Crippen molar-refractivity contribution in [1.29, 1.82) is 0 Å². The van der Waals surface area contributed by atoms with E-state index in [2.05, 4.69) is 16.9 Å². The molecule has 0 aliphatic heterocycles. The average Bonchev–Trinajstić information content (AvgIpc) is 2.34. The van der Waals surface area contributed by atoms with Crippen molar-refractivity contribution in [3.8, 4) is 0 Å². The number of carbonyl (C=O) groups excluding carboxylic acids is 1. The fraction of sp³-hybridized carbons (Fsp3) is 0.333.